The molecule has 0 aliphatic heterocycles. The van der Waals surface area contributed by atoms with Crippen LogP contribution < -0.4 is 9.47 Å². The molecule has 0 saturated carbocycles. The lowest BCUT2D eigenvalue weighted by molar-refractivity contribution is 0.349. The minimum absolute atomic E-state index is 0.485. The highest BCUT2D eigenvalue weighted by molar-refractivity contribution is 9.11. The summed E-state index contributed by atoms with van der Waals surface area (Å²) in [6.45, 7) is 8.18. The number of halogens is 2. The zero-order valence-electron chi connectivity index (χ0n) is 11.0. The lowest BCUT2D eigenvalue weighted by atomic mass is 10.3. The Morgan fingerprint density at radius 2 is 1.25 bits per heavy atom. The fourth-order valence-electron chi connectivity index (χ4n) is 1.31. The van der Waals surface area contributed by atoms with Crippen LogP contribution >= 0.6 is 31.9 Å². The van der Waals surface area contributed by atoms with Crippen molar-refractivity contribution in [2.24, 2.45) is 0 Å². The van der Waals surface area contributed by atoms with Crippen LogP contribution in [0.1, 0.15) is 0 Å². The average molecular weight is 400 g/mol. The van der Waals surface area contributed by atoms with Gasteiger partial charge in [0.1, 0.15) is 24.7 Å². The van der Waals surface area contributed by atoms with Crippen LogP contribution in [-0.2, 0) is 0 Å². The molecule has 106 valence electrons. The molecule has 0 N–H and O–H groups in total. The summed E-state index contributed by atoms with van der Waals surface area (Å²) in [7, 11) is 0. The second kappa shape index (κ2) is 9.61. The van der Waals surface area contributed by atoms with Gasteiger partial charge in [0.25, 0.3) is 0 Å². The van der Waals surface area contributed by atoms with E-state index in [1.165, 1.54) is 0 Å². The highest BCUT2D eigenvalue weighted by Gasteiger charge is 2.08. The van der Waals surface area contributed by atoms with Crippen molar-refractivity contribution in [3.8, 4) is 11.5 Å². The molecule has 0 atom stereocenters. The van der Waals surface area contributed by atoms with Crippen LogP contribution in [-0.4, -0.2) is 13.2 Å². The van der Waals surface area contributed by atoms with E-state index in [0.717, 1.165) is 20.4 Å². The van der Waals surface area contributed by atoms with Crippen molar-refractivity contribution in [2.45, 2.75) is 0 Å². The van der Waals surface area contributed by atoms with Gasteiger partial charge in [-0.2, -0.15) is 0 Å². The lowest BCUT2D eigenvalue weighted by Crippen LogP contribution is -1.97. The van der Waals surface area contributed by atoms with E-state index in [1.807, 2.05) is 36.4 Å². The van der Waals surface area contributed by atoms with E-state index in [9.17, 15) is 0 Å². The number of allylic oxidation sites excluding steroid dienone is 4. The Morgan fingerprint density at radius 3 is 1.60 bits per heavy atom. The molecule has 20 heavy (non-hydrogen) atoms. The van der Waals surface area contributed by atoms with Crippen molar-refractivity contribution in [1.82, 2.24) is 0 Å². The van der Waals surface area contributed by atoms with E-state index in [4.69, 9.17) is 9.47 Å². The van der Waals surface area contributed by atoms with Crippen LogP contribution in [0.15, 0.2) is 70.7 Å². The molecule has 0 aromatic heterocycles. The van der Waals surface area contributed by atoms with Crippen LogP contribution in [0.3, 0.4) is 0 Å². The van der Waals surface area contributed by atoms with Crippen LogP contribution in [0.5, 0.6) is 11.5 Å². The number of rotatable bonds is 8. The third-order valence-electron chi connectivity index (χ3n) is 2.20. The Bertz CT molecular complexity index is 472. The first kappa shape index (κ1) is 16.8. The first-order valence-corrected chi connectivity index (χ1v) is 7.57. The fourth-order valence-corrected chi connectivity index (χ4v) is 2.18. The second-order valence-corrected chi connectivity index (χ2v) is 5.37. The van der Waals surface area contributed by atoms with Gasteiger partial charge in [0.15, 0.2) is 0 Å². The van der Waals surface area contributed by atoms with Gasteiger partial charge in [0.2, 0.25) is 0 Å². The van der Waals surface area contributed by atoms with E-state index in [-0.39, 0.29) is 0 Å². The Hall–Kier alpha value is -1.26. The normalized spacial score (nSPS) is 10.9. The van der Waals surface area contributed by atoms with Crippen molar-refractivity contribution >= 4 is 31.9 Å². The smallest absolute Gasteiger partial charge is 0.135 e. The molecule has 0 bridgehead atoms. The van der Waals surface area contributed by atoms with Gasteiger partial charge in [-0.3, -0.25) is 0 Å². The summed E-state index contributed by atoms with van der Waals surface area (Å²) < 4.78 is 12.9. The molecule has 0 radical (unpaired) electrons. The predicted octanol–water partition coefficient (Wildman–Crippen LogP) is 5.45. The molecule has 0 aliphatic rings. The number of benzene rings is 1. The largest absolute Gasteiger partial charge is 0.488 e. The van der Waals surface area contributed by atoms with Gasteiger partial charge in [-0.25, -0.2) is 0 Å². The van der Waals surface area contributed by atoms with Crippen molar-refractivity contribution in [3.05, 3.63) is 70.7 Å². The molecule has 0 fully saturated rings. The van der Waals surface area contributed by atoms with Crippen molar-refractivity contribution in [3.63, 3.8) is 0 Å². The molecule has 0 unspecified atom stereocenters. The summed E-state index contributed by atoms with van der Waals surface area (Å²) in [5.41, 5.74) is 0. The van der Waals surface area contributed by atoms with Crippen molar-refractivity contribution in [2.75, 3.05) is 13.2 Å². The Kier molecular flexibility index (Phi) is 8.07. The zero-order valence-corrected chi connectivity index (χ0v) is 14.2. The van der Waals surface area contributed by atoms with Gasteiger partial charge in [0, 0.05) is 0 Å². The molecule has 1 aromatic rings. The average Bonchev–Trinajstić information content (AvgIpc) is 2.44. The minimum Gasteiger partial charge on any atom is -0.488 e. The first-order valence-electron chi connectivity index (χ1n) is 5.98. The van der Waals surface area contributed by atoms with Gasteiger partial charge < -0.3 is 9.47 Å². The molecule has 0 spiro atoms. The highest BCUT2D eigenvalue weighted by atomic mass is 79.9. The van der Waals surface area contributed by atoms with E-state index >= 15 is 0 Å². The van der Waals surface area contributed by atoms with Crippen LogP contribution in [0, 0.1) is 0 Å². The van der Waals surface area contributed by atoms with E-state index in [1.54, 1.807) is 12.2 Å². The fraction of sp³-hybridized carbons (Fsp3) is 0.125. The molecule has 0 amide bonds. The molecule has 2 nitrogen and oxygen atoms in total. The Balaban J connectivity index is 2.69. The van der Waals surface area contributed by atoms with Crippen molar-refractivity contribution in [1.29, 1.82) is 0 Å². The third kappa shape index (κ3) is 5.80. The lowest BCUT2D eigenvalue weighted by Gasteiger charge is -2.11. The number of hydrogen-bond acceptors (Lipinski definition) is 2. The molecule has 1 rings (SSSR count). The topological polar surface area (TPSA) is 18.5 Å². The minimum atomic E-state index is 0.485. The quantitative estimate of drug-likeness (QED) is 0.541. The van der Waals surface area contributed by atoms with Gasteiger partial charge in [0.05, 0.1) is 8.95 Å². The summed E-state index contributed by atoms with van der Waals surface area (Å²) in [5.74, 6) is 1.50. The van der Waals surface area contributed by atoms with Crippen molar-refractivity contribution < 1.29 is 9.47 Å². The number of ether oxygens (including phenoxy) is 2. The molecular formula is C16H16Br2O2. The Morgan fingerprint density at radius 1 is 0.850 bits per heavy atom. The molecule has 0 aliphatic carbocycles. The summed E-state index contributed by atoms with van der Waals surface area (Å²) in [4.78, 5) is 0. The summed E-state index contributed by atoms with van der Waals surface area (Å²) in [6.07, 6.45) is 10.9. The van der Waals surface area contributed by atoms with Gasteiger partial charge in [-0.1, -0.05) is 37.5 Å². The molecular weight excluding hydrogens is 384 g/mol. The predicted molar refractivity (Wildman–Crippen MR) is 91.5 cm³/mol. The Labute approximate surface area is 136 Å². The van der Waals surface area contributed by atoms with Crippen LogP contribution in [0.2, 0.25) is 0 Å². The van der Waals surface area contributed by atoms with Gasteiger partial charge in [-0.15, -0.1) is 0 Å². The molecule has 4 heteroatoms. The van der Waals surface area contributed by atoms with E-state index < -0.39 is 0 Å². The van der Waals surface area contributed by atoms with E-state index in [0.29, 0.717) is 13.2 Å². The first-order chi connectivity index (χ1) is 9.69. The second-order valence-electron chi connectivity index (χ2n) is 3.66. The third-order valence-corrected chi connectivity index (χ3v) is 3.44. The van der Waals surface area contributed by atoms with Crippen LogP contribution in [0.25, 0.3) is 0 Å². The zero-order chi connectivity index (χ0) is 14.8. The number of hydrogen-bond donors (Lipinski definition) is 0. The molecule has 1 aromatic carbocycles. The summed E-state index contributed by atoms with van der Waals surface area (Å²) >= 11 is 6.94. The monoisotopic (exact) mass is 398 g/mol. The molecule has 0 heterocycles. The highest BCUT2D eigenvalue weighted by Crippen LogP contribution is 2.36. The summed E-state index contributed by atoms with van der Waals surface area (Å²) in [6, 6.07) is 3.75. The van der Waals surface area contributed by atoms with Gasteiger partial charge in [-0.05, 0) is 56.1 Å². The SMILES string of the molecule is C=C/C=C/COc1cc(Br)c(OC/C=C/C=C)cc1Br. The van der Waals surface area contributed by atoms with Crippen LogP contribution in [0.4, 0.5) is 0 Å². The maximum absolute atomic E-state index is 5.62. The van der Waals surface area contributed by atoms with Gasteiger partial charge >= 0.3 is 0 Å². The van der Waals surface area contributed by atoms with E-state index in [2.05, 4.69) is 45.0 Å². The standard InChI is InChI=1S/C16H16Br2O2/c1-3-5-7-9-19-15-11-14(18)16(12-13(15)17)20-10-8-6-4-2/h3-8,11-12H,1-2,9-10H2/b7-5+,8-6+. The maximum Gasteiger partial charge on any atom is 0.135 e. The molecule has 0 saturated heterocycles. The maximum atomic E-state index is 5.62. The summed E-state index contributed by atoms with van der Waals surface area (Å²) in [5, 5.41) is 0.